The van der Waals surface area contributed by atoms with E-state index in [1.54, 1.807) is 0 Å². The summed E-state index contributed by atoms with van der Waals surface area (Å²) in [4.78, 5) is 24.9. The molecular weight excluding hydrogens is 254 g/mol. The lowest BCUT2D eigenvalue weighted by Crippen LogP contribution is -2.31. The molecule has 0 atom stereocenters. The molecule has 3 N–H and O–H groups in total. The van der Waals surface area contributed by atoms with E-state index in [1.165, 1.54) is 12.8 Å². The number of nitrogens with two attached hydrogens (primary N) is 1. The van der Waals surface area contributed by atoms with Gasteiger partial charge in [-0.2, -0.15) is 0 Å². The number of rotatable bonds is 3. The van der Waals surface area contributed by atoms with Crippen LogP contribution in [0.15, 0.2) is 24.3 Å². The van der Waals surface area contributed by atoms with Crippen LogP contribution < -0.4 is 11.1 Å². The highest BCUT2D eigenvalue weighted by molar-refractivity contribution is 5.94. The van der Waals surface area contributed by atoms with E-state index >= 15 is 0 Å². The van der Waals surface area contributed by atoms with Gasteiger partial charge >= 0.3 is 6.03 Å². The van der Waals surface area contributed by atoms with Crippen molar-refractivity contribution < 1.29 is 9.59 Å². The molecule has 108 valence electrons. The summed E-state index contributed by atoms with van der Waals surface area (Å²) >= 11 is 0. The highest BCUT2D eigenvalue weighted by atomic mass is 16.2. The van der Waals surface area contributed by atoms with E-state index < -0.39 is 6.03 Å². The second-order valence-electron chi connectivity index (χ2n) is 5.12. The van der Waals surface area contributed by atoms with Gasteiger partial charge in [-0.3, -0.25) is 4.79 Å². The van der Waals surface area contributed by atoms with Crippen LogP contribution >= 0.6 is 0 Å². The highest BCUT2D eigenvalue weighted by Gasteiger charge is 2.16. The van der Waals surface area contributed by atoms with E-state index in [-0.39, 0.29) is 5.91 Å². The summed E-state index contributed by atoms with van der Waals surface area (Å²) in [6.45, 7) is 2.08. The molecule has 1 aromatic rings. The smallest absolute Gasteiger partial charge is 0.312 e. The quantitative estimate of drug-likeness (QED) is 0.883. The summed E-state index contributed by atoms with van der Waals surface area (Å²) < 4.78 is 0. The summed E-state index contributed by atoms with van der Waals surface area (Å²) in [6, 6.07) is 6.77. The first-order valence-electron chi connectivity index (χ1n) is 7.08. The number of nitrogens with one attached hydrogen (secondary N) is 1. The number of benzene rings is 1. The normalized spacial score (nSPS) is 15.5. The fourth-order valence-electron chi connectivity index (χ4n) is 2.41. The Balaban J connectivity index is 1.97. The maximum Gasteiger partial charge on any atom is 0.312 e. The molecule has 0 bridgehead atoms. The second kappa shape index (κ2) is 6.93. The maximum absolute atomic E-state index is 12.4. The van der Waals surface area contributed by atoms with Crippen LogP contribution in [0.2, 0.25) is 0 Å². The first-order chi connectivity index (χ1) is 9.66. The molecule has 0 spiro atoms. The fourth-order valence-corrected chi connectivity index (χ4v) is 2.41. The molecule has 5 nitrogen and oxygen atoms in total. The number of likely N-dealkylation sites (tertiary alicyclic amines) is 1. The molecule has 5 heteroatoms. The number of primary amides is 1. The van der Waals surface area contributed by atoms with Crippen molar-refractivity contribution in [3.63, 3.8) is 0 Å². The number of urea groups is 1. The molecule has 1 fully saturated rings. The zero-order chi connectivity index (χ0) is 14.4. The van der Waals surface area contributed by atoms with Crippen LogP contribution in [0.5, 0.6) is 0 Å². The summed E-state index contributed by atoms with van der Waals surface area (Å²) in [5.41, 5.74) is 6.65. The summed E-state index contributed by atoms with van der Waals surface area (Å²) in [6.07, 6.45) is 4.60. The third-order valence-corrected chi connectivity index (χ3v) is 3.56. The van der Waals surface area contributed by atoms with Crippen LogP contribution in [0, 0.1) is 0 Å². The topological polar surface area (TPSA) is 75.4 Å². The SMILES string of the molecule is NC(=O)NCc1ccc(C(=O)N2CCCCCC2)cc1. The van der Waals surface area contributed by atoms with Gasteiger partial charge in [0.05, 0.1) is 0 Å². The average molecular weight is 275 g/mol. The van der Waals surface area contributed by atoms with Crippen molar-refractivity contribution in [1.82, 2.24) is 10.2 Å². The standard InChI is InChI=1S/C15H21N3O2/c16-15(20)17-11-12-5-7-13(8-6-12)14(19)18-9-3-1-2-4-10-18/h5-8H,1-4,9-11H2,(H3,16,17,20). The van der Waals surface area contributed by atoms with Crippen molar-refractivity contribution in [2.24, 2.45) is 5.73 Å². The van der Waals surface area contributed by atoms with E-state index in [9.17, 15) is 9.59 Å². The molecule has 3 amide bonds. The van der Waals surface area contributed by atoms with E-state index in [1.807, 2.05) is 29.2 Å². The van der Waals surface area contributed by atoms with E-state index in [0.29, 0.717) is 12.1 Å². The van der Waals surface area contributed by atoms with E-state index in [2.05, 4.69) is 5.32 Å². The van der Waals surface area contributed by atoms with Crippen molar-refractivity contribution in [2.75, 3.05) is 13.1 Å². The summed E-state index contributed by atoms with van der Waals surface area (Å²) in [5, 5.41) is 2.53. The summed E-state index contributed by atoms with van der Waals surface area (Å²) in [5.74, 6) is 0.0984. The average Bonchev–Trinajstić information content (AvgIpc) is 2.74. The number of hydrogen-bond acceptors (Lipinski definition) is 2. The van der Waals surface area contributed by atoms with Crippen LogP contribution in [0.1, 0.15) is 41.6 Å². The predicted octanol–water partition coefficient (Wildman–Crippen LogP) is 1.87. The molecule has 1 saturated heterocycles. The van der Waals surface area contributed by atoms with Crippen LogP contribution in [0.3, 0.4) is 0 Å². The van der Waals surface area contributed by atoms with Crippen molar-refractivity contribution in [2.45, 2.75) is 32.2 Å². The van der Waals surface area contributed by atoms with Gasteiger partial charge in [0.25, 0.3) is 5.91 Å². The van der Waals surface area contributed by atoms with Gasteiger partial charge in [0, 0.05) is 25.2 Å². The summed E-state index contributed by atoms with van der Waals surface area (Å²) in [7, 11) is 0. The monoisotopic (exact) mass is 275 g/mol. The lowest BCUT2D eigenvalue weighted by atomic mass is 10.1. The second-order valence-corrected chi connectivity index (χ2v) is 5.12. The van der Waals surface area contributed by atoms with Gasteiger partial charge in [-0.05, 0) is 30.5 Å². The number of carbonyl (C=O) groups excluding carboxylic acids is 2. The molecule has 0 aromatic heterocycles. The molecule has 0 radical (unpaired) electrons. The highest BCUT2D eigenvalue weighted by Crippen LogP contribution is 2.14. The van der Waals surface area contributed by atoms with Gasteiger partial charge in [0.1, 0.15) is 0 Å². The Bertz CT molecular complexity index is 463. The minimum absolute atomic E-state index is 0.0984. The Morgan fingerprint density at radius 1 is 1.05 bits per heavy atom. The number of nitrogens with zero attached hydrogens (tertiary/aromatic N) is 1. The van der Waals surface area contributed by atoms with Crippen LogP contribution in [-0.4, -0.2) is 29.9 Å². The first kappa shape index (κ1) is 14.4. The van der Waals surface area contributed by atoms with Crippen molar-refractivity contribution in [1.29, 1.82) is 0 Å². The van der Waals surface area contributed by atoms with E-state index in [4.69, 9.17) is 5.73 Å². The maximum atomic E-state index is 12.4. The molecule has 1 aliphatic heterocycles. The van der Waals surface area contributed by atoms with Gasteiger partial charge < -0.3 is 16.0 Å². The van der Waals surface area contributed by atoms with Crippen molar-refractivity contribution >= 4 is 11.9 Å². The Kier molecular flexibility index (Phi) is 4.98. The van der Waals surface area contributed by atoms with Gasteiger partial charge in [-0.25, -0.2) is 4.79 Å². The Morgan fingerprint density at radius 3 is 2.20 bits per heavy atom. The number of hydrogen-bond donors (Lipinski definition) is 2. The molecule has 1 aromatic carbocycles. The lowest BCUT2D eigenvalue weighted by molar-refractivity contribution is 0.0761. The van der Waals surface area contributed by atoms with Gasteiger partial charge in [-0.15, -0.1) is 0 Å². The molecule has 2 rings (SSSR count). The number of carbonyl (C=O) groups is 2. The minimum atomic E-state index is -0.547. The van der Waals surface area contributed by atoms with Crippen molar-refractivity contribution in [3.05, 3.63) is 35.4 Å². The van der Waals surface area contributed by atoms with Gasteiger partial charge in [0.15, 0.2) is 0 Å². The van der Waals surface area contributed by atoms with Crippen LogP contribution in [-0.2, 0) is 6.54 Å². The number of amides is 3. The van der Waals surface area contributed by atoms with Gasteiger partial charge in [0.2, 0.25) is 0 Å². The van der Waals surface area contributed by atoms with Crippen molar-refractivity contribution in [3.8, 4) is 0 Å². The molecule has 20 heavy (non-hydrogen) atoms. The molecule has 0 unspecified atom stereocenters. The van der Waals surface area contributed by atoms with Gasteiger partial charge in [-0.1, -0.05) is 25.0 Å². The minimum Gasteiger partial charge on any atom is -0.352 e. The molecule has 0 aliphatic carbocycles. The van der Waals surface area contributed by atoms with Crippen LogP contribution in [0.25, 0.3) is 0 Å². The Labute approximate surface area is 119 Å². The Morgan fingerprint density at radius 2 is 1.65 bits per heavy atom. The molecule has 1 heterocycles. The molecule has 0 saturated carbocycles. The zero-order valence-corrected chi connectivity index (χ0v) is 11.6. The third kappa shape index (κ3) is 3.98. The van der Waals surface area contributed by atoms with Crippen LogP contribution in [0.4, 0.5) is 4.79 Å². The Hall–Kier alpha value is -2.04. The fraction of sp³-hybridized carbons (Fsp3) is 0.467. The third-order valence-electron chi connectivity index (χ3n) is 3.56. The largest absolute Gasteiger partial charge is 0.352 e. The first-order valence-corrected chi connectivity index (χ1v) is 7.08. The molecular formula is C15H21N3O2. The lowest BCUT2D eigenvalue weighted by Gasteiger charge is -2.20. The van der Waals surface area contributed by atoms with E-state index in [0.717, 1.165) is 31.5 Å². The predicted molar refractivity (Wildman–Crippen MR) is 77.2 cm³/mol. The zero-order valence-electron chi connectivity index (χ0n) is 11.6. The molecule has 1 aliphatic rings.